The lowest BCUT2D eigenvalue weighted by atomic mass is 9.73. The van der Waals surface area contributed by atoms with Crippen molar-refractivity contribution in [3.05, 3.63) is 51.3 Å². The predicted octanol–water partition coefficient (Wildman–Crippen LogP) is 4.42. The van der Waals surface area contributed by atoms with Crippen molar-refractivity contribution >= 4 is 29.2 Å². The number of piperidine rings is 1. The number of likely N-dealkylation sites (tertiary alicyclic amines) is 1. The first-order chi connectivity index (χ1) is 13.4. The van der Waals surface area contributed by atoms with Crippen LogP contribution in [0.15, 0.2) is 24.3 Å². The summed E-state index contributed by atoms with van der Waals surface area (Å²) in [6.45, 7) is 6.55. The number of hydrogen-bond acceptors (Lipinski definition) is 4. The lowest BCUT2D eigenvalue weighted by Gasteiger charge is -2.40. The Kier molecular flexibility index (Phi) is 6.69. The zero-order valence-electron chi connectivity index (χ0n) is 16.7. The summed E-state index contributed by atoms with van der Waals surface area (Å²) in [4.78, 5) is 15.2. The van der Waals surface area contributed by atoms with E-state index in [9.17, 15) is 4.79 Å². The normalized spacial score (nSPS) is 16.9. The van der Waals surface area contributed by atoms with E-state index in [0.29, 0.717) is 23.2 Å². The van der Waals surface area contributed by atoms with Gasteiger partial charge in [-0.25, -0.2) is 0 Å². The van der Waals surface area contributed by atoms with Gasteiger partial charge < -0.3 is 4.74 Å². The number of aromatic nitrogens is 2. The Morgan fingerprint density at radius 3 is 2.50 bits per heavy atom. The highest BCUT2D eigenvalue weighted by Gasteiger charge is 2.43. The summed E-state index contributed by atoms with van der Waals surface area (Å²) < 4.78 is 7.16. The van der Waals surface area contributed by atoms with Crippen molar-refractivity contribution in [2.75, 3.05) is 19.7 Å². The second-order valence-corrected chi connectivity index (χ2v) is 8.29. The fourth-order valence-electron chi connectivity index (χ4n) is 3.96. The molecule has 0 unspecified atom stereocenters. The molecular weight excluding hydrogens is 397 g/mol. The van der Waals surface area contributed by atoms with Crippen molar-refractivity contribution < 1.29 is 9.53 Å². The van der Waals surface area contributed by atoms with Crippen molar-refractivity contribution in [1.82, 2.24) is 14.7 Å². The minimum Gasteiger partial charge on any atom is -0.466 e. The third-order valence-corrected chi connectivity index (χ3v) is 6.50. The first-order valence-corrected chi connectivity index (χ1v) is 10.4. The molecule has 0 amide bonds. The van der Waals surface area contributed by atoms with E-state index in [1.54, 1.807) is 4.68 Å². The molecule has 0 radical (unpaired) electrons. The van der Waals surface area contributed by atoms with Crippen molar-refractivity contribution in [2.45, 2.75) is 39.7 Å². The Morgan fingerprint density at radius 2 is 1.93 bits per heavy atom. The minimum absolute atomic E-state index is 0.120. The largest absolute Gasteiger partial charge is 0.466 e. The smallest absolute Gasteiger partial charge is 0.312 e. The van der Waals surface area contributed by atoms with E-state index in [0.717, 1.165) is 49.3 Å². The topological polar surface area (TPSA) is 47.4 Å². The Morgan fingerprint density at radius 1 is 1.25 bits per heavy atom. The number of carbonyl (C=O) groups is 1. The molecule has 5 nitrogen and oxygen atoms in total. The molecule has 7 heteroatoms. The van der Waals surface area contributed by atoms with Gasteiger partial charge in [0.05, 0.1) is 17.7 Å². The maximum atomic E-state index is 12.9. The number of benzene rings is 1. The maximum absolute atomic E-state index is 12.9. The van der Waals surface area contributed by atoms with Gasteiger partial charge in [0, 0.05) is 24.2 Å². The molecule has 0 aliphatic carbocycles. The third-order valence-electron chi connectivity index (χ3n) is 5.66. The quantitative estimate of drug-likeness (QED) is 0.644. The van der Waals surface area contributed by atoms with Crippen LogP contribution in [0.25, 0.3) is 0 Å². The molecule has 2 aromatic rings. The van der Waals surface area contributed by atoms with Crippen molar-refractivity contribution in [3.8, 4) is 0 Å². The van der Waals surface area contributed by atoms with E-state index in [1.165, 1.54) is 0 Å². The number of nitrogens with zero attached hydrogens (tertiary/aromatic N) is 3. The number of rotatable bonds is 6. The molecular formula is C21H27Cl2N3O2. The fourth-order valence-corrected chi connectivity index (χ4v) is 4.40. The van der Waals surface area contributed by atoms with Crippen molar-refractivity contribution in [1.29, 1.82) is 0 Å². The Hall–Kier alpha value is -1.56. The van der Waals surface area contributed by atoms with E-state index in [-0.39, 0.29) is 5.97 Å². The predicted molar refractivity (Wildman–Crippen MR) is 112 cm³/mol. The van der Waals surface area contributed by atoms with Crippen LogP contribution in [0.2, 0.25) is 10.2 Å². The van der Waals surface area contributed by atoms with E-state index in [1.807, 2.05) is 45.2 Å². The molecule has 0 saturated carbocycles. The van der Waals surface area contributed by atoms with Crippen LogP contribution in [0.5, 0.6) is 0 Å². The summed E-state index contributed by atoms with van der Waals surface area (Å²) in [5.41, 5.74) is 2.46. The number of esters is 1. The van der Waals surface area contributed by atoms with Crippen LogP contribution in [0.1, 0.15) is 36.6 Å². The second-order valence-electron chi connectivity index (χ2n) is 7.52. The molecule has 1 aliphatic heterocycles. The van der Waals surface area contributed by atoms with Gasteiger partial charge in [0.25, 0.3) is 0 Å². The van der Waals surface area contributed by atoms with Crippen LogP contribution in [0.3, 0.4) is 0 Å². The molecule has 0 N–H and O–H groups in total. The zero-order chi connectivity index (χ0) is 20.3. The summed E-state index contributed by atoms with van der Waals surface area (Å²) in [5, 5.41) is 5.77. The number of hydrogen-bond donors (Lipinski definition) is 0. The van der Waals surface area contributed by atoms with E-state index in [2.05, 4.69) is 10.00 Å². The van der Waals surface area contributed by atoms with Gasteiger partial charge in [-0.05, 0) is 57.8 Å². The van der Waals surface area contributed by atoms with Crippen LogP contribution in [0, 0.1) is 12.3 Å². The van der Waals surface area contributed by atoms with Crippen molar-refractivity contribution in [2.24, 2.45) is 12.5 Å². The molecule has 152 valence electrons. The molecule has 1 aromatic heterocycles. The van der Waals surface area contributed by atoms with Gasteiger partial charge in [0.1, 0.15) is 5.15 Å². The van der Waals surface area contributed by atoms with E-state index < -0.39 is 5.41 Å². The molecule has 1 aliphatic rings. The number of halogens is 2. The van der Waals surface area contributed by atoms with Crippen LogP contribution in [-0.4, -0.2) is 40.3 Å². The van der Waals surface area contributed by atoms with Gasteiger partial charge in [-0.3, -0.25) is 14.4 Å². The molecule has 3 rings (SSSR count). The number of carbonyl (C=O) groups excluding carboxylic acids is 1. The van der Waals surface area contributed by atoms with Gasteiger partial charge in [-0.15, -0.1) is 0 Å². The van der Waals surface area contributed by atoms with Crippen LogP contribution in [0.4, 0.5) is 0 Å². The van der Waals surface area contributed by atoms with E-state index in [4.69, 9.17) is 27.9 Å². The van der Waals surface area contributed by atoms with Gasteiger partial charge in [0.2, 0.25) is 0 Å². The molecule has 1 saturated heterocycles. The Bertz CT molecular complexity index is 842. The van der Waals surface area contributed by atoms with Gasteiger partial charge in [0.15, 0.2) is 0 Å². The molecule has 28 heavy (non-hydrogen) atoms. The lowest BCUT2D eigenvalue weighted by molar-refractivity contribution is -0.158. The molecule has 1 fully saturated rings. The average molecular weight is 424 g/mol. The average Bonchev–Trinajstić information content (AvgIpc) is 2.91. The summed E-state index contributed by atoms with van der Waals surface area (Å²) in [7, 11) is 1.85. The third kappa shape index (κ3) is 4.37. The SMILES string of the molecule is CCOC(=O)C1(Cc2ccccc2Cl)CCN(Cc2c(C)nn(C)c2Cl)CC1. The van der Waals surface area contributed by atoms with Crippen LogP contribution < -0.4 is 0 Å². The van der Waals surface area contributed by atoms with Crippen LogP contribution in [-0.2, 0) is 29.5 Å². The summed E-state index contributed by atoms with van der Waals surface area (Å²) in [5.74, 6) is -0.120. The molecule has 0 spiro atoms. The molecule has 1 aromatic carbocycles. The molecule has 0 atom stereocenters. The number of aryl methyl sites for hydroxylation is 2. The zero-order valence-corrected chi connectivity index (χ0v) is 18.2. The highest BCUT2D eigenvalue weighted by atomic mass is 35.5. The second kappa shape index (κ2) is 8.85. The summed E-state index contributed by atoms with van der Waals surface area (Å²) in [6, 6.07) is 7.74. The van der Waals surface area contributed by atoms with Gasteiger partial charge >= 0.3 is 5.97 Å². The fraction of sp³-hybridized carbons (Fsp3) is 0.524. The minimum atomic E-state index is -0.536. The standard InChI is InChI=1S/C21H27Cl2N3O2/c1-4-28-20(27)21(13-16-7-5-6-8-18(16)22)9-11-26(12-10-21)14-17-15(2)24-25(3)19(17)23/h5-8H,4,9-14H2,1-3H3. The van der Waals surface area contributed by atoms with E-state index >= 15 is 0 Å². The maximum Gasteiger partial charge on any atom is 0.312 e. The van der Waals surface area contributed by atoms with Gasteiger partial charge in [-0.1, -0.05) is 41.4 Å². The summed E-state index contributed by atoms with van der Waals surface area (Å²) in [6.07, 6.45) is 2.06. The van der Waals surface area contributed by atoms with Gasteiger partial charge in [-0.2, -0.15) is 5.10 Å². The molecule has 2 heterocycles. The lowest BCUT2D eigenvalue weighted by Crippen LogP contribution is -2.46. The molecule has 0 bridgehead atoms. The summed E-state index contributed by atoms with van der Waals surface area (Å²) >= 11 is 12.8. The first kappa shape index (κ1) is 21.2. The Balaban J connectivity index is 1.75. The first-order valence-electron chi connectivity index (χ1n) is 9.67. The van der Waals surface area contributed by atoms with Crippen LogP contribution >= 0.6 is 23.2 Å². The highest BCUT2D eigenvalue weighted by Crippen LogP contribution is 2.39. The highest BCUT2D eigenvalue weighted by molar-refractivity contribution is 6.31. The Labute approximate surface area is 176 Å². The monoisotopic (exact) mass is 423 g/mol. The van der Waals surface area contributed by atoms with Crippen molar-refractivity contribution in [3.63, 3.8) is 0 Å². The number of ether oxygens (including phenoxy) is 1.